The zero-order chi connectivity index (χ0) is 11.9. The number of hydrogen-bond acceptors (Lipinski definition) is 0. The lowest BCUT2D eigenvalue weighted by molar-refractivity contribution is 0.448. The van der Waals surface area contributed by atoms with Crippen molar-refractivity contribution < 1.29 is 4.39 Å². The third-order valence-corrected chi connectivity index (χ3v) is 4.24. The van der Waals surface area contributed by atoms with Crippen LogP contribution < -0.4 is 0 Å². The van der Waals surface area contributed by atoms with E-state index < -0.39 is 0 Å². The van der Waals surface area contributed by atoms with E-state index in [2.05, 4.69) is 33.8 Å². The molecule has 0 nitrogen and oxygen atoms in total. The summed E-state index contributed by atoms with van der Waals surface area (Å²) in [5.41, 5.74) is 2.50. The van der Waals surface area contributed by atoms with Gasteiger partial charge in [-0.3, -0.25) is 0 Å². The van der Waals surface area contributed by atoms with Gasteiger partial charge in [-0.15, -0.1) is 0 Å². The molecular formula is C15H21F. The lowest BCUT2D eigenvalue weighted by Crippen LogP contribution is -2.09. The van der Waals surface area contributed by atoms with E-state index in [1.165, 1.54) is 18.4 Å². The van der Waals surface area contributed by atoms with Crippen molar-refractivity contribution in [1.82, 2.24) is 0 Å². The summed E-state index contributed by atoms with van der Waals surface area (Å²) >= 11 is 0. The molecule has 1 unspecified atom stereocenters. The Morgan fingerprint density at radius 3 is 2.31 bits per heavy atom. The van der Waals surface area contributed by atoms with Crippen molar-refractivity contribution in [3.8, 4) is 0 Å². The number of rotatable bonds is 3. The van der Waals surface area contributed by atoms with Crippen LogP contribution in [0.25, 0.3) is 0 Å². The molecule has 0 aromatic heterocycles. The monoisotopic (exact) mass is 220 g/mol. The van der Waals surface area contributed by atoms with Crippen LogP contribution in [0.4, 0.5) is 4.39 Å². The second-order valence-electron chi connectivity index (χ2n) is 5.81. The highest BCUT2D eigenvalue weighted by molar-refractivity contribution is 5.31. The van der Waals surface area contributed by atoms with Gasteiger partial charge in [0, 0.05) is 0 Å². The van der Waals surface area contributed by atoms with E-state index in [1.807, 2.05) is 6.07 Å². The third-order valence-electron chi connectivity index (χ3n) is 4.24. The van der Waals surface area contributed by atoms with Gasteiger partial charge in [-0.2, -0.15) is 0 Å². The molecule has 16 heavy (non-hydrogen) atoms. The van der Waals surface area contributed by atoms with Gasteiger partial charge in [-0.05, 0) is 47.3 Å². The molecule has 1 aromatic rings. The molecular weight excluding hydrogens is 199 g/mol. The van der Waals surface area contributed by atoms with E-state index in [4.69, 9.17) is 0 Å². The zero-order valence-electron chi connectivity index (χ0n) is 10.7. The number of hydrogen-bond donors (Lipinski definition) is 0. The summed E-state index contributed by atoms with van der Waals surface area (Å²) in [6.07, 6.45) is 2.47. The quantitative estimate of drug-likeness (QED) is 0.683. The van der Waals surface area contributed by atoms with Crippen molar-refractivity contribution in [3.05, 3.63) is 35.1 Å². The molecule has 88 valence electrons. The molecule has 1 fully saturated rings. The van der Waals surface area contributed by atoms with Crippen molar-refractivity contribution in [2.75, 3.05) is 0 Å². The van der Waals surface area contributed by atoms with Crippen LogP contribution in [0.5, 0.6) is 0 Å². The Labute approximate surface area is 97.9 Å². The molecule has 1 atom stereocenters. The topological polar surface area (TPSA) is 0 Å². The molecule has 1 heteroatoms. The molecule has 2 rings (SSSR count). The van der Waals surface area contributed by atoms with Gasteiger partial charge in [0.1, 0.15) is 5.82 Å². The first-order chi connectivity index (χ1) is 7.44. The van der Waals surface area contributed by atoms with Crippen molar-refractivity contribution in [1.29, 1.82) is 0 Å². The van der Waals surface area contributed by atoms with Crippen LogP contribution >= 0.6 is 0 Å². The number of halogens is 1. The van der Waals surface area contributed by atoms with Gasteiger partial charge < -0.3 is 0 Å². The Bertz CT molecular complexity index is 388. The van der Waals surface area contributed by atoms with Crippen LogP contribution in [0.15, 0.2) is 18.2 Å². The van der Waals surface area contributed by atoms with Crippen LogP contribution in [0.3, 0.4) is 0 Å². The highest BCUT2D eigenvalue weighted by atomic mass is 19.1. The second kappa shape index (κ2) is 3.87. The van der Waals surface area contributed by atoms with E-state index in [1.54, 1.807) is 6.07 Å². The maximum atomic E-state index is 13.8. The van der Waals surface area contributed by atoms with Gasteiger partial charge in [-0.25, -0.2) is 4.39 Å². The molecule has 0 heterocycles. The first-order valence-corrected chi connectivity index (χ1v) is 6.23. The maximum absolute atomic E-state index is 13.8. The minimum Gasteiger partial charge on any atom is -0.207 e. The van der Waals surface area contributed by atoms with Gasteiger partial charge >= 0.3 is 0 Å². The van der Waals surface area contributed by atoms with Crippen LogP contribution in [0.2, 0.25) is 0 Å². The Morgan fingerprint density at radius 2 is 1.81 bits per heavy atom. The molecule has 0 saturated heterocycles. The standard InChI is InChI=1S/C15H21F/c1-10(2)12-5-6-14(16)13(9-12)11(3)15(4)7-8-15/h5-6,9-11H,7-8H2,1-4H3. The molecule has 1 aromatic carbocycles. The van der Waals surface area contributed by atoms with Gasteiger partial charge in [0.2, 0.25) is 0 Å². The molecule has 0 aliphatic heterocycles. The summed E-state index contributed by atoms with van der Waals surface area (Å²) in [4.78, 5) is 0. The van der Waals surface area contributed by atoms with Crippen LogP contribution in [0, 0.1) is 11.2 Å². The fourth-order valence-electron chi connectivity index (χ4n) is 2.26. The first kappa shape index (κ1) is 11.6. The summed E-state index contributed by atoms with van der Waals surface area (Å²) in [5.74, 6) is 0.773. The lowest BCUT2D eigenvalue weighted by atomic mass is 9.84. The predicted octanol–water partition coefficient (Wildman–Crippen LogP) is 4.85. The van der Waals surface area contributed by atoms with Crippen LogP contribution in [0.1, 0.15) is 63.5 Å². The van der Waals surface area contributed by atoms with Crippen molar-refractivity contribution in [2.24, 2.45) is 5.41 Å². The summed E-state index contributed by atoms with van der Waals surface area (Å²) < 4.78 is 13.8. The van der Waals surface area contributed by atoms with Crippen molar-refractivity contribution in [2.45, 2.75) is 52.4 Å². The second-order valence-corrected chi connectivity index (χ2v) is 5.81. The average Bonchev–Trinajstić information content (AvgIpc) is 2.97. The van der Waals surface area contributed by atoms with E-state index >= 15 is 0 Å². The van der Waals surface area contributed by atoms with E-state index in [0.717, 1.165) is 5.56 Å². The van der Waals surface area contributed by atoms with E-state index in [0.29, 0.717) is 17.3 Å². The summed E-state index contributed by atoms with van der Waals surface area (Å²) in [5, 5.41) is 0. The van der Waals surface area contributed by atoms with Crippen LogP contribution in [-0.4, -0.2) is 0 Å². The fraction of sp³-hybridized carbons (Fsp3) is 0.600. The molecule has 0 amide bonds. The minimum absolute atomic E-state index is 0.0370. The minimum atomic E-state index is -0.0370. The average molecular weight is 220 g/mol. The number of benzene rings is 1. The van der Waals surface area contributed by atoms with Gasteiger partial charge in [0.25, 0.3) is 0 Å². The highest BCUT2D eigenvalue weighted by Crippen LogP contribution is 2.55. The molecule has 0 bridgehead atoms. The SMILES string of the molecule is CC(C)c1ccc(F)c(C(C)C2(C)CC2)c1. The molecule has 0 radical (unpaired) electrons. The summed E-state index contributed by atoms with van der Waals surface area (Å²) in [7, 11) is 0. The largest absolute Gasteiger partial charge is 0.207 e. The summed E-state index contributed by atoms with van der Waals surface area (Å²) in [6.45, 7) is 8.73. The van der Waals surface area contributed by atoms with E-state index in [-0.39, 0.29) is 5.82 Å². The molecule has 1 saturated carbocycles. The Hall–Kier alpha value is -0.850. The normalized spacial score (nSPS) is 19.9. The highest BCUT2D eigenvalue weighted by Gasteiger charge is 2.43. The molecule has 0 N–H and O–H groups in total. The van der Waals surface area contributed by atoms with Crippen molar-refractivity contribution in [3.63, 3.8) is 0 Å². The van der Waals surface area contributed by atoms with E-state index in [9.17, 15) is 4.39 Å². The Balaban J connectivity index is 2.35. The van der Waals surface area contributed by atoms with Crippen LogP contribution in [-0.2, 0) is 0 Å². The summed E-state index contributed by atoms with van der Waals surface area (Å²) in [6, 6.07) is 5.60. The van der Waals surface area contributed by atoms with Gasteiger partial charge in [0.15, 0.2) is 0 Å². The third kappa shape index (κ3) is 2.00. The Morgan fingerprint density at radius 1 is 1.19 bits per heavy atom. The molecule has 1 aliphatic rings. The predicted molar refractivity (Wildman–Crippen MR) is 66.2 cm³/mol. The van der Waals surface area contributed by atoms with Gasteiger partial charge in [-0.1, -0.05) is 39.8 Å². The maximum Gasteiger partial charge on any atom is 0.126 e. The molecule has 0 spiro atoms. The Kier molecular flexibility index (Phi) is 2.81. The lowest BCUT2D eigenvalue weighted by Gasteiger charge is -2.21. The molecule has 1 aliphatic carbocycles. The van der Waals surface area contributed by atoms with Crippen molar-refractivity contribution >= 4 is 0 Å². The smallest absolute Gasteiger partial charge is 0.126 e. The van der Waals surface area contributed by atoms with Gasteiger partial charge in [0.05, 0.1) is 0 Å². The zero-order valence-corrected chi connectivity index (χ0v) is 10.7. The first-order valence-electron chi connectivity index (χ1n) is 6.23. The fourth-order valence-corrected chi connectivity index (χ4v) is 2.26.